The molecule has 0 atom stereocenters. The molecule has 0 saturated heterocycles. The van der Waals surface area contributed by atoms with Crippen molar-refractivity contribution >= 4 is 0 Å². The molecule has 20 heavy (non-hydrogen) atoms. The maximum atomic E-state index is 2.12. The molecule has 0 aromatic carbocycles. The first kappa shape index (κ1) is 11.3. The highest BCUT2D eigenvalue weighted by atomic mass is 14.6. The van der Waals surface area contributed by atoms with Crippen molar-refractivity contribution in [1.82, 2.24) is 0 Å². The molecule has 0 aliphatic heterocycles. The minimum absolute atomic E-state index is 1.06. The average molecular weight is 268 g/mol. The summed E-state index contributed by atoms with van der Waals surface area (Å²) < 4.78 is 0. The van der Waals surface area contributed by atoms with Crippen LogP contribution in [0.3, 0.4) is 0 Å². The van der Waals surface area contributed by atoms with Crippen LogP contribution in [0.1, 0.15) is 64.2 Å². The molecule has 0 spiro atoms. The molecule has 0 nitrogen and oxygen atoms in total. The predicted molar refractivity (Wildman–Crippen MR) is 81.1 cm³/mol. The Hall–Kier alpha value is -0.260. The van der Waals surface area contributed by atoms with Crippen LogP contribution in [0, 0.1) is 47.3 Å². The Balaban J connectivity index is 1.53. The molecule has 8 aliphatic rings. The highest BCUT2D eigenvalue weighted by molar-refractivity contribution is 5.33. The van der Waals surface area contributed by atoms with Gasteiger partial charge in [0, 0.05) is 0 Å². The molecule has 4 fully saturated rings. The van der Waals surface area contributed by atoms with Gasteiger partial charge in [-0.2, -0.15) is 0 Å². The molecule has 108 valence electrons. The van der Waals surface area contributed by atoms with E-state index in [1.807, 2.05) is 0 Å². The smallest absolute Gasteiger partial charge is 0.0192 e. The van der Waals surface area contributed by atoms with Gasteiger partial charge in [-0.1, -0.05) is 11.1 Å². The maximum Gasteiger partial charge on any atom is -0.0192 e. The average Bonchev–Trinajstić information content (AvgIpc) is 2.69. The summed E-state index contributed by atoms with van der Waals surface area (Å²) in [5.74, 6) is 8.74. The van der Waals surface area contributed by atoms with Crippen molar-refractivity contribution in [1.29, 1.82) is 0 Å². The SMILES string of the molecule is C1C2CC3CC1CC(C2)C1=C3C2CC3CC(C2)CC1C3. The van der Waals surface area contributed by atoms with Crippen molar-refractivity contribution in [2.24, 2.45) is 47.3 Å². The molecule has 0 aromatic rings. The van der Waals surface area contributed by atoms with Crippen molar-refractivity contribution in [3.63, 3.8) is 0 Å². The van der Waals surface area contributed by atoms with Crippen molar-refractivity contribution in [2.75, 3.05) is 0 Å². The molecule has 0 heteroatoms. The fourth-order valence-corrected chi connectivity index (χ4v) is 8.33. The summed E-state index contributed by atoms with van der Waals surface area (Å²) >= 11 is 0. The van der Waals surface area contributed by atoms with Crippen LogP contribution in [0.25, 0.3) is 0 Å². The van der Waals surface area contributed by atoms with Gasteiger partial charge in [0.05, 0.1) is 0 Å². The number of hydrogen-bond acceptors (Lipinski definition) is 0. The zero-order chi connectivity index (χ0) is 12.8. The molecule has 8 aliphatic carbocycles. The van der Waals surface area contributed by atoms with Crippen LogP contribution in [0.2, 0.25) is 0 Å². The topological polar surface area (TPSA) is 0 Å². The van der Waals surface area contributed by atoms with E-state index in [-0.39, 0.29) is 0 Å². The summed E-state index contributed by atoms with van der Waals surface area (Å²) in [5, 5.41) is 0. The zero-order valence-corrected chi connectivity index (χ0v) is 12.7. The van der Waals surface area contributed by atoms with Crippen LogP contribution in [0.5, 0.6) is 0 Å². The summed E-state index contributed by atoms with van der Waals surface area (Å²) in [5.41, 5.74) is 4.24. The predicted octanol–water partition coefficient (Wildman–Crippen LogP) is 5.20. The Labute approximate surface area is 123 Å². The van der Waals surface area contributed by atoms with E-state index in [1.54, 1.807) is 64.2 Å². The monoisotopic (exact) mass is 268 g/mol. The lowest BCUT2D eigenvalue weighted by molar-refractivity contribution is 0.0972. The third-order valence-corrected chi connectivity index (χ3v) is 8.37. The Kier molecular flexibility index (Phi) is 2.11. The molecule has 0 aromatic heterocycles. The summed E-state index contributed by atoms with van der Waals surface area (Å²) in [6.45, 7) is 0. The molecule has 4 saturated carbocycles. The van der Waals surface area contributed by atoms with Crippen LogP contribution < -0.4 is 0 Å². The van der Waals surface area contributed by atoms with Gasteiger partial charge in [-0.3, -0.25) is 0 Å². The van der Waals surface area contributed by atoms with E-state index in [0.717, 1.165) is 47.3 Å². The number of hydrogen-bond donors (Lipinski definition) is 0. The van der Waals surface area contributed by atoms with E-state index >= 15 is 0 Å². The van der Waals surface area contributed by atoms with Crippen LogP contribution in [-0.4, -0.2) is 0 Å². The summed E-state index contributed by atoms with van der Waals surface area (Å²) in [7, 11) is 0. The fraction of sp³-hybridized carbons (Fsp3) is 0.900. The Morgan fingerprint density at radius 3 is 0.850 bits per heavy atom. The molecule has 0 unspecified atom stereocenters. The Bertz CT molecular complexity index is 378. The van der Waals surface area contributed by atoms with Crippen molar-refractivity contribution in [3.8, 4) is 0 Å². The van der Waals surface area contributed by atoms with E-state index < -0.39 is 0 Å². The van der Waals surface area contributed by atoms with Crippen molar-refractivity contribution in [3.05, 3.63) is 11.1 Å². The van der Waals surface area contributed by atoms with Gasteiger partial charge in [0.1, 0.15) is 0 Å². The van der Waals surface area contributed by atoms with E-state index in [1.165, 1.54) is 0 Å². The Morgan fingerprint density at radius 1 is 0.350 bits per heavy atom. The molecule has 8 rings (SSSR count). The first-order valence-electron chi connectivity index (χ1n) is 9.57. The van der Waals surface area contributed by atoms with Crippen LogP contribution in [-0.2, 0) is 0 Å². The third kappa shape index (κ3) is 1.39. The summed E-state index contributed by atoms with van der Waals surface area (Å²) in [4.78, 5) is 0. The third-order valence-electron chi connectivity index (χ3n) is 8.37. The van der Waals surface area contributed by atoms with Gasteiger partial charge in [-0.25, -0.2) is 0 Å². The van der Waals surface area contributed by atoms with Gasteiger partial charge in [0.15, 0.2) is 0 Å². The lowest BCUT2D eigenvalue weighted by atomic mass is 9.61. The highest BCUT2D eigenvalue weighted by Crippen LogP contribution is 2.63. The minimum Gasteiger partial charge on any atom is -0.0642 e. The van der Waals surface area contributed by atoms with Crippen molar-refractivity contribution in [2.45, 2.75) is 64.2 Å². The molecular formula is C20H28. The molecule has 8 bridgehead atoms. The molecule has 0 amide bonds. The van der Waals surface area contributed by atoms with Gasteiger partial charge in [-0.15, -0.1) is 0 Å². The number of rotatable bonds is 0. The minimum atomic E-state index is 1.06. The van der Waals surface area contributed by atoms with Gasteiger partial charge in [0.2, 0.25) is 0 Å². The van der Waals surface area contributed by atoms with Crippen LogP contribution in [0.4, 0.5) is 0 Å². The van der Waals surface area contributed by atoms with E-state index in [2.05, 4.69) is 11.1 Å². The molecular weight excluding hydrogens is 240 g/mol. The highest BCUT2D eigenvalue weighted by Gasteiger charge is 2.51. The second-order valence-corrected chi connectivity index (χ2v) is 9.52. The molecule has 0 radical (unpaired) electrons. The maximum absolute atomic E-state index is 2.12. The first-order chi connectivity index (χ1) is 9.83. The standard InChI is InChI=1S/C20H28/c1-11-3-15-5-12(1)6-16(4-11)20-18-9-13-2-14(10-18)8-17(7-13)19(15)20/h11-18H,1-10H2. The van der Waals surface area contributed by atoms with E-state index in [4.69, 9.17) is 0 Å². The second kappa shape index (κ2) is 3.73. The number of allylic oxidation sites excluding steroid dienone is 2. The van der Waals surface area contributed by atoms with Gasteiger partial charge in [-0.05, 0) is 112 Å². The lowest BCUT2D eigenvalue weighted by Crippen LogP contribution is -2.33. The molecule has 0 N–H and O–H groups in total. The molecule has 0 heterocycles. The van der Waals surface area contributed by atoms with Gasteiger partial charge in [0.25, 0.3) is 0 Å². The van der Waals surface area contributed by atoms with Crippen molar-refractivity contribution < 1.29 is 0 Å². The lowest BCUT2D eigenvalue weighted by Gasteiger charge is -2.44. The summed E-state index contributed by atoms with van der Waals surface area (Å²) in [6, 6.07) is 0. The Morgan fingerprint density at radius 2 is 0.600 bits per heavy atom. The largest absolute Gasteiger partial charge is 0.0642 e. The van der Waals surface area contributed by atoms with Crippen LogP contribution in [0.15, 0.2) is 11.1 Å². The van der Waals surface area contributed by atoms with E-state index in [0.29, 0.717) is 0 Å². The second-order valence-electron chi connectivity index (χ2n) is 9.52. The van der Waals surface area contributed by atoms with Gasteiger partial charge < -0.3 is 0 Å². The van der Waals surface area contributed by atoms with E-state index in [9.17, 15) is 0 Å². The normalized spacial score (nSPS) is 58.8. The summed E-state index contributed by atoms with van der Waals surface area (Å²) in [6.07, 6.45) is 16.0. The van der Waals surface area contributed by atoms with Crippen LogP contribution >= 0.6 is 0 Å². The first-order valence-corrected chi connectivity index (χ1v) is 9.57. The quantitative estimate of drug-likeness (QED) is 0.530. The zero-order valence-electron chi connectivity index (χ0n) is 12.7. The van der Waals surface area contributed by atoms with Gasteiger partial charge >= 0.3 is 0 Å². The fourth-order valence-electron chi connectivity index (χ4n) is 8.33.